The maximum Gasteiger partial charge on any atom is 0.391 e. The third-order valence-corrected chi connectivity index (χ3v) is 4.47. The van der Waals surface area contributed by atoms with E-state index in [9.17, 15) is 22.8 Å². The SMILES string of the molecule is O=C1Cc2ccc(CC(=O)N3CCC(C(F)(F)F)CC3)cc2N1. The first-order valence-corrected chi connectivity index (χ1v) is 7.59. The minimum Gasteiger partial charge on any atom is -0.342 e. The van der Waals surface area contributed by atoms with Crippen molar-refractivity contribution >= 4 is 17.5 Å². The molecule has 124 valence electrons. The number of hydrogen-bond acceptors (Lipinski definition) is 2. The number of carbonyl (C=O) groups excluding carboxylic acids is 2. The molecular formula is C16H17F3N2O2. The van der Waals surface area contributed by atoms with Crippen molar-refractivity contribution in [2.45, 2.75) is 31.9 Å². The van der Waals surface area contributed by atoms with Gasteiger partial charge in [0.15, 0.2) is 0 Å². The van der Waals surface area contributed by atoms with E-state index in [0.717, 1.165) is 16.8 Å². The fourth-order valence-corrected chi connectivity index (χ4v) is 3.11. The summed E-state index contributed by atoms with van der Waals surface area (Å²) in [6, 6.07) is 5.37. The summed E-state index contributed by atoms with van der Waals surface area (Å²) < 4.78 is 37.9. The number of benzene rings is 1. The lowest BCUT2D eigenvalue weighted by Crippen LogP contribution is -2.42. The molecular weight excluding hydrogens is 309 g/mol. The maximum absolute atomic E-state index is 12.6. The van der Waals surface area contributed by atoms with Gasteiger partial charge in [-0.3, -0.25) is 9.59 Å². The summed E-state index contributed by atoms with van der Waals surface area (Å²) in [4.78, 5) is 25.1. The van der Waals surface area contributed by atoms with Crippen LogP contribution >= 0.6 is 0 Å². The topological polar surface area (TPSA) is 49.4 Å². The van der Waals surface area contributed by atoms with Crippen LogP contribution in [0.1, 0.15) is 24.0 Å². The summed E-state index contributed by atoms with van der Waals surface area (Å²) in [5, 5.41) is 2.72. The normalized spacial score (nSPS) is 18.7. The van der Waals surface area contributed by atoms with Crippen LogP contribution in [0, 0.1) is 5.92 Å². The van der Waals surface area contributed by atoms with Gasteiger partial charge in [-0.15, -0.1) is 0 Å². The van der Waals surface area contributed by atoms with Crippen molar-refractivity contribution in [2.75, 3.05) is 18.4 Å². The van der Waals surface area contributed by atoms with Gasteiger partial charge in [-0.2, -0.15) is 13.2 Å². The molecule has 1 N–H and O–H groups in total. The van der Waals surface area contributed by atoms with Crippen molar-refractivity contribution in [3.05, 3.63) is 29.3 Å². The molecule has 4 nitrogen and oxygen atoms in total. The number of amides is 2. The zero-order valence-corrected chi connectivity index (χ0v) is 12.4. The molecule has 7 heteroatoms. The fourth-order valence-electron chi connectivity index (χ4n) is 3.11. The van der Waals surface area contributed by atoms with Crippen LogP contribution in [0.15, 0.2) is 18.2 Å². The Labute approximate surface area is 131 Å². The standard InChI is InChI=1S/C16H17F3N2O2/c17-16(18,19)12-3-5-21(6-4-12)15(23)8-10-1-2-11-9-14(22)20-13(11)7-10/h1-2,7,12H,3-6,8-9H2,(H,20,22). The number of fused-ring (bicyclic) bond motifs is 1. The monoisotopic (exact) mass is 326 g/mol. The van der Waals surface area contributed by atoms with Gasteiger partial charge in [0.25, 0.3) is 0 Å². The Hall–Kier alpha value is -2.05. The molecule has 2 aliphatic heterocycles. The number of anilines is 1. The maximum atomic E-state index is 12.6. The highest BCUT2D eigenvalue weighted by atomic mass is 19.4. The number of rotatable bonds is 2. The third kappa shape index (κ3) is 3.48. The average molecular weight is 326 g/mol. The van der Waals surface area contributed by atoms with Crippen LogP contribution in [0.5, 0.6) is 0 Å². The largest absolute Gasteiger partial charge is 0.391 e. The highest BCUT2D eigenvalue weighted by Gasteiger charge is 2.41. The number of carbonyl (C=O) groups is 2. The minimum atomic E-state index is -4.17. The van der Waals surface area contributed by atoms with E-state index in [2.05, 4.69) is 5.32 Å². The zero-order chi connectivity index (χ0) is 16.6. The summed E-state index contributed by atoms with van der Waals surface area (Å²) in [7, 11) is 0. The zero-order valence-electron chi connectivity index (χ0n) is 12.4. The molecule has 2 amide bonds. The van der Waals surface area contributed by atoms with Crippen LogP contribution < -0.4 is 5.32 Å². The van der Waals surface area contributed by atoms with Crippen molar-refractivity contribution in [3.8, 4) is 0 Å². The number of hydrogen-bond donors (Lipinski definition) is 1. The molecule has 0 aromatic heterocycles. The van der Waals surface area contributed by atoms with Gasteiger partial charge in [0.05, 0.1) is 18.8 Å². The number of nitrogens with one attached hydrogen (secondary N) is 1. The van der Waals surface area contributed by atoms with Gasteiger partial charge in [-0.1, -0.05) is 12.1 Å². The second-order valence-corrected chi connectivity index (χ2v) is 6.09. The number of halogens is 3. The van der Waals surface area contributed by atoms with Gasteiger partial charge in [-0.25, -0.2) is 0 Å². The summed E-state index contributed by atoms with van der Waals surface area (Å²) in [5.41, 5.74) is 2.38. The summed E-state index contributed by atoms with van der Waals surface area (Å²) in [5.74, 6) is -1.55. The van der Waals surface area contributed by atoms with Crippen molar-refractivity contribution in [2.24, 2.45) is 5.92 Å². The van der Waals surface area contributed by atoms with Gasteiger partial charge in [-0.05, 0) is 30.0 Å². The smallest absolute Gasteiger partial charge is 0.342 e. The number of piperidine rings is 1. The first-order valence-electron chi connectivity index (χ1n) is 7.59. The van der Waals surface area contributed by atoms with Crippen LogP contribution in [-0.4, -0.2) is 36.0 Å². The first kappa shape index (κ1) is 15.8. The third-order valence-electron chi connectivity index (χ3n) is 4.47. The van der Waals surface area contributed by atoms with Crippen LogP contribution in [-0.2, 0) is 22.4 Å². The molecule has 0 atom stereocenters. The number of nitrogens with zero attached hydrogens (tertiary/aromatic N) is 1. The highest BCUT2D eigenvalue weighted by molar-refractivity contribution is 5.99. The van der Waals surface area contributed by atoms with E-state index in [4.69, 9.17) is 0 Å². The van der Waals surface area contributed by atoms with Crippen molar-refractivity contribution in [1.82, 2.24) is 4.90 Å². The van der Waals surface area contributed by atoms with E-state index < -0.39 is 12.1 Å². The quantitative estimate of drug-likeness (QED) is 0.908. The molecule has 0 aliphatic carbocycles. The molecule has 0 spiro atoms. The molecule has 1 fully saturated rings. The van der Waals surface area contributed by atoms with Crippen molar-refractivity contribution in [1.29, 1.82) is 0 Å². The molecule has 1 aromatic rings. The molecule has 0 radical (unpaired) electrons. The van der Waals surface area contributed by atoms with Gasteiger partial charge in [0.1, 0.15) is 0 Å². The molecule has 0 bridgehead atoms. The van der Waals surface area contributed by atoms with Crippen LogP contribution in [0.2, 0.25) is 0 Å². The second-order valence-electron chi connectivity index (χ2n) is 6.09. The predicted molar refractivity (Wildman–Crippen MR) is 77.8 cm³/mol. The van der Waals surface area contributed by atoms with Crippen LogP contribution in [0.4, 0.5) is 18.9 Å². The first-order chi connectivity index (χ1) is 10.8. The Morgan fingerprint density at radius 3 is 2.61 bits per heavy atom. The average Bonchev–Trinajstić information content (AvgIpc) is 2.86. The summed E-state index contributed by atoms with van der Waals surface area (Å²) in [6.45, 7) is 0.287. The molecule has 1 aromatic carbocycles. The molecule has 2 heterocycles. The predicted octanol–water partition coefficient (Wildman–Crippen LogP) is 2.52. The van der Waals surface area contributed by atoms with Crippen LogP contribution in [0.3, 0.4) is 0 Å². The molecule has 0 unspecified atom stereocenters. The van der Waals surface area contributed by atoms with Gasteiger partial charge >= 0.3 is 6.18 Å². The Balaban J connectivity index is 1.58. The van der Waals surface area contributed by atoms with Crippen molar-refractivity contribution in [3.63, 3.8) is 0 Å². The fraction of sp³-hybridized carbons (Fsp3) is 0.500. The second kappa shape index (κ2) is 5.86. The van der Waals surface area contributed by atoms with E-state index in [1.54, 1.807) is 12.1 Å². The lowest BCUT2D eigenvalue weighted by molar-refractivity contribution is -0.186. The lowest BCUT2D eigenvalue weighted by atomic mass is 9.96. The minimum absolute atomic E-state index is 0.0323. The molecule has 3 rings (SSSR count). The van der Waals surface area contributed by atoms with Gasteiger partial charge in [0.2, 0.25) is 11.8 Å². The Morgan fingerprint density at radius 1 is 1.26 bits per heavy atom. The Bertz CT molecular complexity index is 635. The molecule has 0 saturated carbocycles. The number of alkyl halides is 3. The molecule has 2 aliphatic rings. The van der Waals surface area contributed by atoms with E-state index >= 15 is 0 Å². The molecule has 23 heavy (non-hydrogen) atoms. The lowest BCUT2D eigenvalue weighted by Gasteiger charge is -2.33. The van der Waals surface area contributed by atoms with Gasteiger partial charge < -0.3 is 10.2 Å². The van der Waals surface area contributed by atoms with Gasteiger partial charge in [0, 0.05) is 18.8 Å². The summed E-state index contributed by atoms with van der Waals surface area (Å²) in [6.07, 6.45) is -3.76. The van der Waals surface area contributed by atoms with E-state index in [1.165, 1.54) is 4.90 Å². The van der Waals surface area contributed by atoms with Crippen molar-refractivity contribution < 1.29 is 22.8 Å². The van der Waals surface area contributed by atoms with Crippen LogP contribution in [0.25, 0.3) is 0 Å². The summed E-state index contributed by atoms with van der Waals surface area (Å²) >= 11 is 0. The Morgan fingerprint density at radius 2 is 1.96 bits per heavy atom. The van der Waals surface area contributed by atoms with E-state index in [-0.39, 0.29) is 44.2 Å². The van der Waals surface area contributed by atoms with E-state index in [0.29, 0.717) is 6.42 Å². The molecule has 1 saturated heterocycles. The van der Waals surface area contributed by atoms with E-state index in [1.807, 2.05) is 6.07 Å². The number of likely N-dealkylation sites (tertiary alicyclic amines) is 1. The Kier molecular flexibility index (Phi) is 4.04. The highest BCUT2D eigenvalue weighted by Crippen LogP contribution is 2.34.